The Bertz CT molecular complexity index is 898. The first-order valence-corrected chi connectivity index (χ1v) is 8.70. The largest absolute Gasteiger partial charge is 0.364 e. The van der Waals surface area contributed by atoms with Crippen molar-refractivity contribution in [1.29, 1.82) is 0 Å². The standard InChI is InChI=1S/C20H21N5O2/c1-15-7-9-17(10-8-15)13-22-20-18(25(26)27)19(23-14-24-20)21-12-11-16-5-3-2-4-6-16/h2-10,14H,11-13H2,1H3,(H2,21,22,23,24). The van der Waals surface area contributed by atoms with Crippen molar-refractivity contribution in [3.63, 3.8) is 0 Å². The summed E-state index contributed by atoms with van der Waals surface area (Å²) in [5.41, 5.74) is 3.20. The van der Waals surface area contributed by atoms with Gasteiger partial charge >= 0.3 is 5.69 Å². The van der Waals surface area contributed by atoms with E-state index in [-0.39, 0.29) is 17.3 Å². The van der Waals surface area contributed by atoms with Gasteiger partial charge in [0.05, 0.1) is 4.92 Å². The average Bonchev–Trinajstić information content (AvgIpc) is 2.68. The van der Waals surface area contributed by atoms with E-state index in [1.807, 2.05) is 61.5 Å². The fraction of sp³-hybridized carbons (Fsp3) is 0.200. The summed E-state index contributed by atoms with van der Waals surface area (Å²) < 4.78 is 0. The molecular formula is C20H21N5O2. The molecule has 0 saturated carbocycles. The Morgan fingerprint density at radius 3 is 2.26 bits per heavy atom. The summed E-state index contributed by atoms with van der Waals surface area (Å²) in [7, 11) is 0. The number of hydrogen-bond acceptors (Lipinski definition) is 6. The van der Waals surface area contributed by atoms with Crippen LogP contribution < -0.4 is 10.6 Å². The van der Waals surface area contributed by atoms with E-state index in [2.05, 4.69) is 20.6 Å². The van der Waals surface area contributed by atoms with Crippen LogP contribution in [0.5, 0.6) is 0 Å². The third-order valence-corrected chi connectivity index (χ3v) is 4.13. The highest BCUT2D eigenvalue weighted by atomic mass is 16.6. The zero-order valence-corrected chi connectivity index (χ0v) is 15.1. The van der Waals surface area contributed by atoms with Gasteiger partial charge in [-0.3, -0.25) is 10.1 Å². The second-order valence-electron chi connectivity index (χ2n) is 6.18. The third kappa shape index (κ3) is 5.01. The predicted octanol–water partition coefficient (Wildman–Crippen LogP) is 3.96. The molecule has 3 aromatic rings. The first-order chi connectivity index (χ1) is 13.1. The van der Waals surface area contributed by atoms with Gasteiger partial charge in [0, 0.05) is 13.1 Å². The van der Waals surface area contributed by atoms with Crippen LogP contribution in [0.2, 0.25) is 0 Å². The van der Waals surface area contributed by atoms with Crippen molar-refractivity contribution in [3.8, 4) is 0 Å². The number of aromatic nitrogens is 2. The second-order valence-corrected chi connectivity index (χ2v) is 6.18. The van der Waals surface area contributed by atoms with Crippen LogP contribution in [-0.2, 0) is 13.0 Å². The van der Waals surface area contributed by atoms with Gasteiger partial charge in [-0.05, 0) is 24.5 Å². The maximum Gasteiger partial charge on any atom is 0.353 e. The molecule has 2 aromatic carbocycles. The molecule has 1 heterocycles. The van der Waals surface area contributed by atoms with Crippen molar-refractivity contribution >= 4 is 17.3 Å². The van der Waals surface area contributed by atoms with E-state index in [0.717, 1.165) is 23.1 Å². The number of anilines is 2. The Balaban J connectivity index is 1.69. The van der Waals surface area contributed by atoms with Crippen molar-refractivity contribution in [2.24, 2.45) is 0 Å². The molecule has 7 heteroatoms. The van der Waals surface area contributed by atoms with Crippen LogP contribution in [0.4, 0.5) is 17.3 Å². The summed E-state index contributed by atoms with van der Waals surface area (Å²) in [6.07, 6.45) is 2.07. The van der Waals surface area contributed by atoms with Crippen LogP contribution in [0, 0.1) is 17.0 Å². The summed E-state index contributed by atoms with van der Waals surface area (Å²) in [6, 6.07) is 17.9. The van der Waals surface area contributed by atoms with Gasteiger partial charge < -0.3 is 10.6 Å². The zero-order valence-electron chi connectivity index (χ0n) is 15.1. The lowest BCUT2D eigenvalue weighted by Gasteiger charge is -2.10. The average molecular weight is 363 g/mol. The number of rotatable bonds is 8. The van der Waals surface area contributed by atoms with Gasteiger partial charge in [0.1, 0.15) is 6.33 Å². The molecule has 0 bridgehead atoms. The maximum atomic E-state index is 11.6. The molecule has 0 aliphatic carbocycles. The number of nitrogens with zero attached hydrogens (tertiary/aromatic N) is 3. The quantitative estimate of drug-likeness (QED) is 0.465. The highest BCUT2D eigenvalue weighted by Crippen LogP contribution is 2.29. The van der Waals surface area contributed by atoms with Crippen molar-refractivity contribution in [3.05, 3.63) is 87.7 Å². The van der Waals surface area contributed by atoms with E-state index in [0.29, 0.717) is 13.1 Å². The van der Waals surface area contributed by atoms with Crippen LogP contribution in [0.25, 0.3) is 0 Å². The molecule has 1 aromatic heterocycles. The Labute approximate surface area is 157 Å². The number of nitro groups is 1. The Hall–Kier alpha value is -3.48. The van der Waals surface area contributed by atoms with Crippen LogP contribution in [0.3, 0.4) is 0 Å². The first kappa shape index (κ1) is 18.3. The van der Waals surface area contributed by atoms with Gasteiger partial charge in [0.25, 0.3) is 0 Å². The molecule has 138 valence electrons. The Morgan fingerprint density at radius 2 is 1.59 bits per heavy atom. The van der Waals surface area contributed by atoms with E-state index in [1.165, 1.54) is 6.33 Å². The minimum Gasteiger partial charge on any atom is -0.364 e. The van der Waals surface area contributed by atoms with E-state index in [9.17, 15) is 10.1 Å². The molecule has 0 aliphatic rings. The van der Waals surface area contributed by atoms with Crippen molar-refractivity contribution in [1.82, 2.24) is 9.97 Å². The lowest BCUT2D eigenvalue weighted by Crippen LogP contribution is -2.12. The molecule has 2 N–H and O–H groups in total. The minimum absolute atomic E-state index is 0.141. The van der Waals surface area contributed by atoms with Crippen molar-refractivity contribution in [2.45, 2.75) is 19.9 Å². The predicted molar refractivity (Wildman–Crippen MR) is 106 cm³/mol. The summed E-state index contributed by atoms with van der Waals surface area (Å²) in [5, 5.41) is 17.7. The Kier molecular flexibility index (Phi) is 5.94. The molecule has 0 radical (unpaired) electrons. The van der Waals surface area contributed by atoms with E-state index in [4.69, 9.17) is 0 Å². The smallest absolute Gasteiger partial charge is 0.353 e. The molecule has 0 atom stereocenters. The molecule has 0 aliphatic heterocycles. The van der Waals surface area contributed by atoms with Gasteiger partial charge in [0.2, 0.25) is 11.6 Å². The van der Waals surface area contributed by atoms with E-state index in [1.54, 1.807) is 0 Å². The monoisotopic (exact) mass is 363 g/mol. The summed E-state index contributed by atoms with van der Waals surface area (Å²) >= 11 is 0. The van der Waals surface area contributed by atoms with Crippen LogP contribution in [0.15, 0.2) is 60.9 Å². The highest BCUT2D eigenvalue weighted by Gasteiger charge is 2.22. The summed E-state index contributed by atoms with van der Waals surface area (Å²) in [6.45, 7) is 3.00. The van der Waals surface area contributed by atoms with Crippen LogP contribution in [0.1, 0.15) is 16.7 Å². The molecule has 0 amide bonds. The van der Waals surface area contributed by atoms with Gasteiger partial charge in [-0.2, -0.15) is 0 Å². The lowest BCUT2D eigenvalue weighted by atomic mass is 10.1. The first-order valence-electron chi connectivity index (χ1n) is 8.70. The molecule has 0 spiro atoms. The molecular weight excluding hydrogens is 342 g/mol. The van der Waals surface area contributed by atoms with Crippen LogP contribution in [-0.4, -0.2) is 21.4 Å². The minimum atomic E-state index is -0.456. The highest BCUT2D eigenvalue weighted by molar-refractivity contribution is 5.69. The second kappa shape index (κ2) is 8.75. The summed E-state index contributed by atoms with van der Waals surface area (Å²) in [4.78, 5) is 19.2. The number of aryl methyl sites for hydroxylation is 1. The van der Waals surface area contributed by atoms with E-state index < -0.39 is 4.92 Å². The zero-order chi connectivity index (χ0) is 19.1. The fourth-order valence-electron chi connectivity index (χ4n) is 2.67. The summed E-state index contributed by atoms with van der Waals surface area (Å²) in [5.74, 6) is 0.426. The SMILES string of the molecule is Cc1ccc(CNc2ncnc(NCCc3ccccc3)c2[N+](=O)[O-])cc1. The maximum absolute atomic E-state index is 11.6. The molecule has 27 heavy (non-hydrogen) atoms. The van der Waals surface area contributed by atoms with Gasteiger partial charge in [-0.1, -0.05) is 60.2 Å². The molecule has 0 fully saturated rings. The molecule has 7 nitrogen and oxygen atoms in total. The molecule has 3 rings (SSSR count). The Morgan fingerprint density at radius 1 is 0.926 bits per heavy atom. The van der Waals surface area contributed by atoms with Crippen molar-refractivity contribution < 1.29 is 4.92 Å². The number of nitrogens with one attached hydrogen (secondary N) is 2. The van der Waals surface area contributed by atoms with Gasteiger partial charge in [-0.25, -0.2) is 9.97 Å². The topological polar surface area (TPSA) is 93.0 Å². The third-order valence-electron chi connectivity index (χ3n) is 4.13. The number of benzene rings is 2. The van der Waals surface area contributed by atoms with Gasteiger partial charge in [0.15, 0.2) is 0 Å². The molecule has 0 unspecified atom stereocenters. The van der Waals surface area contributed by atoms with E-state index >= 15 is 0 Å². The molecule has 0 saturated heterocycles. The van der Waals surface area contributed by atoms with Gasteiger partial charge in [-0.15, -0.1) is 0 Å². The number of hydrogen-bond donors (Lipinski definition) is 2. The van der Waals surface area contributed by atoms with Crippen LogP contribution >= 0.6 is 0 Å². The fourth-order valence-corrected chi connectivity index (χ4v) is 2.67. The normalized spacial score (nSPS) is 10.4. The van der Waals surface area contributed by atoms with Crippen molar-refractivity contribution in [2.75, 3.05) is 17.2 Å². The lowest BCUT2D eigenvalue weighted by molar-refractivity contribution is -0.383.